The van der Waals surface area contributed by atoms with Gasteiger partial charge in [-0.1, -0.05) is 43.7 Å². The Bertz CT molecular complexity index is 917. The number of amides is 1. The number of benzene rings is 1. The van der Waals surface area contributed by atoms with Gasteiger partial charge in [0.05, 0.1) is 18.7 Å². The minimum Gasteiger partial charge on any atom is -0.466 e. The molecule has 0 radical (unpaired) electrons. The minimum absolute atomic E-state index is 0.180. The van der Waals surface area contributed by atoms with Crippen molar-refractivity contribution >= 4 is 28.2 Å². The fourth-order valence-electron chi connectivity index (χ4n) is 2.95. The summed E-state index contributed by atoms with van der Waals surface area (Å²) in [4.78, 5) is 29.9. The summed E-state index contributed by atoms with van der Waals surface area (Å²) in [6.45, 7) is 4.14. The van der Waals surface area contributed by atoms with E-state index in [0.717, 1.165) is 29.1 Å². The predicted molar refractivity (Wildman–Crippen MR) is 106 cm³/mol. The van der Waals surface area contributed by atoms with Gasteiger partial charge in [-0.2, -0.15) is 0 Å². The van der Waals surface area contributed by atoms with E-state index in [4.69, 9.17) is 4.74 Å². The van der Waals surface area contributed by atoms with E-state index in [9.17, 15) is 9.59 Å². The third-order valence-corrected chi connectivity index (χ3v) is 5.04. The standard InChI is InChI=1S/C20H23N3O3S/c1-3-8-15(11-18(24)26-4-2)21-19(25)17-13-27-20-22-16(12-23(17)20)14-9-6-5-7-10-14/h5-7,9-10,12-13,15H,3-4,8,11H2,1-2H3,(H,21,25). The fraction of sp³-hybridized carbons (Fsp3) is 0.350. The second kappa shape index (κ2) is 8.81. The molecule has 0 aliphatic rings. The van der Waals surface area contributed by atoms with Crippen LogP contribution in [0.4, 0.5) is 0 Å². The molecule has 2 heterocycles. The highest BCUT2D eigenvalue weighted by molar-refractivity contribution is 7.15. The number of carbonyl (C=O) groups is 2. The number of rotatable bonds is 8. The molecular weight excluding hydrogens is 362 g/mol. The summed E-state index contributed by atoms with van der Waals surface area (Å²) in [5.74, 6) is -0.498. The van der Waals surface area contributed by atoms with Gasteiger partial charge >= 0.3 is 5.97 Å². The molecule has 1 aromatic carbocycles. The Kier molecular flexibility index (Phi) is 6.24. The molecule has 0 fully saturated rings. The van der Waals surface area contributed by atoms with E-state index in [1.165, 1.54) is 11.3 Å². The van der Waals surface area contributed by atoms with Crippen molar-refractivity contribution in [3.63, 3.8) is 0 Å². The first-order chi connectivity index (χ1) is 13.1. The molecule has 3 rings (SSSR count). The number of thiazole rings is 1. The van der Waals surface area contributed by atoms with Gasteiger partial charge in [0, 0.05) is 23.2 Å². The predicted octanol–water partition coefficient (Wildman–Crippen LogP) is 3.91. The number of esters is 1. The lowest BCUT2D eigenvalue weighted by molar-refractivity contribution is -0.143. The first kappa shape index (κ1) is 19.1. The molecule has 3 aromatic rings. The highest BCUT2D eigenvalue weighted by Gasteiger charge is 2.20. The van der Waals surface area contributed by atoms with Crippen molar-refractivity contribution in [1.82, 2.24) is 14.7 Å². The lowest BCUT2D eigenvalue weighted by Gasteiger charge is -2.17. The summed E-state index contributed by atoms with van der Waals surface area (Å²) < 4.78 is 6.81. The maximum Gasteiger partial charge on any atom is 0.307 e. The van der Waals surface area contributed by atoms with Crippen LogP contribution in [-0.2, 0) is 9.53 Å². The normalized spacial score (nSPS) is 12.1. The molecule has 7 heteroatoms. The molecular formula is C20H23N3O3S. The first-order valence-electron chi connectivity index (χ1n) is 9.10. The molecule has 1 N–H and O–H groups in total. The number of nitrogens with zero attached hydrogens (tertiary/aromatic N) is 2. The molecule has 1 amide bonds. The quantitative estimate of drug-likeness (QED) is 0.597. The van der Waals surface area contributed by atoms with Gasteiger partial charge in [0.15, 0.2) is 4.96 Å². The number of ether oxygens (including phenoxy) is 1. The molecule has 1 atom stereocenters. The van der Waals surface area contributed by atoms with Crippen molar-refractivity contribution in [1.29, 1.82) is 0 Å². The number of imidazole rings is 1. The van der Waals surface area contributed by atoms with Crippen molar-refractivity contribution in [2.45, 2.75) is 39.2 Å². The lowest BCUT2D eigenvalue weighted by Crippen LogP contribution is -2.37. The molecule has 2 aromatic heterocycles. The lowest BCUT2D eigenvalue weighted by atomic mass is 10.1. The first-order valence-corrected chi connectivity index (χ1v) is 9.98. The number of carbonyl (C=O) groups excluding carboxylic acids is 2. The Morgan fingerprint density at radius 2 is 2.04 bits per heavy atom. The van der Waals surface area contributed by atoms with Crippen molar-refractivity contribution in [3.05, 3.63) is 47.6 Å². The molecule has 27 heavy (non-hydrogen) atoms. The van der Waals surface area contributed by atoms with E-state index < -0.39 is 0 Å². The molecule has 6 nitrogen and oxygen atoms in total. The SMILES string of the molecule is CCCC(CC(=O)OCC)NC(=O)c1csc2nc(-c3ccccc3)cn12. The average Bonchev–Trinajstić information content (AvgIpc) is 3.23. The van der Waals surface area contributed by atoms with E-state index in [2.05, 4.69) is 10.3 Å². The molecule has 1 unspecified atom stereocenters. The summed E-state index contributed by atoms with van der Waals surface area (Å²) in [5, 5.41) is 4.76. The van der Waals surface area contributed by atoms with Crippen LogP contribution in [0.15, 0.2) is 41.9 Å². The van der Waals surface area contributed by atoms with E-state index in [1.807, 2.05) is 43.5 Å². The van der Waals surface area contributed by atoms with Crippen LogP contribution in [0.25, 0.3) is 16.2 Å². The molecule has 0 aliphatic heterocycles. The zero-order chi connectivity index (χ0) is 19.2. The van der Waals surface area contributed by atoms with Gasteiger partial charge in [-0.05, 0) is 13.3 Å². The van der Waals surface area contributed by atoms with Crippen molar-refractivity contribution in [3.8, 4) is 11.3 Å². The number of hydrogen-bond donors (Lipinski definition) is 1. The van der Waals surface area contributed by atoms with Gasteiger partial charge in [-0.15, -0.1) is 11.3 Å². The van der Waals surface area contributed by atoms with Gasteiger partial charge in [0.25, 0.3) is 5.91 Å². The third kappa shape index (κ3) is 4.54. The number of fused-ring (bicyclic) bond motifs is 1. The molecule has 0 saturated carbocycles. The van der Waals surface area contributed by atoms with Crippen LogP contribution in [0, 0.1) is 0 Å². The maximum absolute atomic E-state index is 12.8. The van der Waals surface area contributed by atoms with Crippen molar-refractivity contribution < 1.29 is 14.3 Å². The van der Waals surface area contributed by atoms with Crippen LogP contribution in [0.1, 0.15) is 43.6 Å². The van der Waals surface area contributed by atoms with Crippen LogP contribution in [0.2, 0.25) is 0 Å². The Morgan fingerprint density at radius 3 is 2.74 bits per heavy atom. The maximum atomic E-state index is 12.8. The number of aromatic nitrogens is 2. The van der Waals surface area contributed by atoms with Gasteiger partial charge in [-0.25, -0.2) is 4.98 Å². The van der Waals surface area contributed by atoms with Gasteiger partial charge in [0.2, 0.25) is 0 Å². The summed E-state index contributed by atoms with van der Waals surface area (Å²) in [6.07, 6.45) is 3.64. The molecule has 142 valence electrons. The second-order valence-electron chi connectivity index (χ2n) is 6.23. The Morgan fingerprint density at radius 1 is 1.26 bits per heavy atom. The van der Waals surface area contributed by atoms with E-state index >= 15 is 0 Å². The molecule has 0 saturated heterocycles. The summed E-state index contributed by atoms with van der Waals surface area (Å²) in [7, 11) is 0. The van der Waals surface area contributed by atoms with Crippen LogP contribution < -0.4 is 5.32 Å². The third-order valence-electron chi connectivity index (χ3n) is 4.20. The van der Waals surface area contributed by atoms with Crippen molar-refractivity contribution in [2.75, 3.05) is 6.61 Å². The second-order valence-corrected chi connectivity index (χ2v) is 7.07. The molecule has 0 aliphatic carbocycles. The Hall–Kier alpha value is -2.67. The molecule has 0 bridgehead atoms. The number of hydrogen-bond acceptors (Lipinski definition) is 5. The van der Waals surface area contributed by atoms with Crippen LogP contribution in [0.5, 0.6) is 0 Å². The average molecular weight is 385 g/mol. The summed E-state index contributed by atoms with van der Waals surface area (Å²) in [5.41, 5.74) is 2.36. The zero-order valence-corrected chi connectivity index (χ0v) is 16.3. The highest BCUT2D eigenvalue weighted by atomic mass is 32.1. The van der Waals surface area contributed by atoms with Crippen LogP contribution in [0.3, 0.4) is 0 Å². The highest BCUT2D eigenvalue weighted by Crippen LogP contribution is 2.23. The Labute approximate surface area is 162 Å². The Balaban J connectivity index is 1.78. The molecule has 0 spiro atoms. The van der Waals surface area contributed by atoms with E-state index in [-0.39, 0.29) is 24.3 Å². The van der Waals surface area contributed by atoms with Crippen molar-refractivity contribution in [2.24, 2.45) is 0 Å². The van der Waals surface area contributed by atoms with Crippen LogP contribution in [-0.4, -0.2) is 33.9 Å². The largest absolute Gasteiger partial charge is 0.466 e. The topological polar surface area (TPSA) is 72.7 Å². The smallest absolute Gasteiger partial charge is 0.307 e. The monoisotopic (exact) mass is 385 g/mol. The van der Waals surface area contributed by atoms with Gasteiger partial charge in [-0.3, -0.25) is 14.0 Å². The van der Waals surface area contributed by atoms with E-state index in [0.29, 0.717) is 12.3 Å². The zero-order valence-electron chi connectivity index (χ0n) is 15.5. The minimum atomic E-state index is -0.291. The van der Waals surface area contributed by atoms with E-state index in [1.54, 1.807) is 16.7 Å². The fourth-order valence-corrected chi connectivity index (χ4v) is 3.80. The number of nitrogens with one attached hydrogen (secondary N) is 1. The summed E-state index contributed by atoms with van der Waals surface area (Å²) in [6, 6.07) is 9.61. The van der Waals surface area contributed by atoms with Gasteiger partial charge < -0.3 is 10.1 Å². The van der Waals surface area contributed by atoms with Crippen LogP contribution >= 0.6 is 11.3 Å². The van der Waals surface area contributed by atoms with Gasteiger partial charge in [0.1, 0.15) is 5.69 Å². The summed E-state index contributed by atoms with van der Waals surface area (Å²) >= 11 is 1.42.